The smallest absolute Gasteiger partial charge is 0.253 e. The molecule has 352 valence electrons. The average Bonchev–Trinajstić information content (AvgIpc) is 3.49. The van der Waals surface area contributed by atoms with E-state index in [4.69, 9.17) is 5.73 Å². The number of Topliss-reactive ketones (excluding diaryl/α,β-unsaturated/α-hetero) is 1. The molecule has 4 saturated heterocycles. The quantitative estimate of drug-likeness (QED) is 0.137. The van der Waals surface area contributed by atoms with E-state index in [1.807, 2.05) is 66.4 Å². The molecule has 0 radical (unpaired) electrons. The van der Waals surface area contributed by atoms with Crippen molar-refractivity contribution in [2.45, 2.75) is 104 Å². The maximum Gasteiger partial charge on any atom is 0.253 e. The lowest BCUT2D eigenvalue weighted by Gasteiger charge is -2.43. The number of hydrogen-bond donors (Lipinski definition) is 3. The number of rotatable bonds is 11. The van der Waals surface area contributed by atoms with Crippen LogP contribution in [0.5, 0.6) is 0 Å². The number of anilines is 3. The van der Waals surface area contributed by atoms with E-state index in [-0.39, 0.29) is 36.2 Å². The predicted molar refractivity (Wildman–Crippen MR) is 262 cm³/mol. The number of carbonyl (C=O) groups is 3. The minimum Gasteiger partial charge on any atom is -0.384 e. The molecule has 4 fully saturated rings. The highest BCUT2D eigenvalue weighted by Gasteiger charge is 2.32. The number of piperidine rings is 2. The first kappa shape index (κ1) is 48.2. The van der Waals surface area contributed by atoms with E-state index in [0.29, 0.717) is 55.1 Å². The van der Waals surface area contributed by atoms with Gasteiger partial charge in [-0.1, -0.05) is 37.6 Å². The van der Waals surface area contributed by atoms with Gasteiger partial charge in [-0.25, -0.2) is 14.4 Å². The number of halogens is 1. The summed E-state index contributed by atoms with van der Waals surface area (Å²) in [5.74, 6) is 1.18. The van der Waals surface area contributed by atoms with E-state index < -0.39 is 11.9 Å². The number of pyridine rings is 3. The molecule has 8 rings (SSSR count). The molecule has 3 unspecified atom stereocenters. The number of likely N-dealkylation sites (tertiary alicyclic amines) is 2. The third kappa shape index (κ3) is 11.6. The lowest BCUT2D eigenvalue weighted by atomic mass is 9.87. The zero-order valence-electron chi connectivity index (χ0n) is 39.7. The lowest BCUT2D eigenvalue weighted by Crippen LogP contribution is -2.54. The molecule has 2 amide bonds. The summed E-state index contributed by atoms with van der Waals surface area (Å²) in [6.45, 7) is 19.4. The van der Waals surface area contributed by atoms with Gasteiger partial charge in [0, 0.05) is 98.6 Å². The average molecular weight is 901 g/mol. The Kier molecular flexibility index (Phi) is 16.2. The zero-order valence-corrected chi connectivity index (χ0v) is 39.7. The van der Waals surface area contributed by atoms with Crippen molar-refractivity contribution >= 4 is 41.0 Å². The van der Waals surface area contributed by atoms with Crippen molar-refractivity contribution in [1.29, 1.82) is 0 Å². The molecule has 0 spiro atoms. The molecule has 4 N–H and O–H groups in total. The van der Waals surface area contributed by atoms with Crippen molar-refractivity contribution in [3.8, 4) is 11.1 Å². The van der Waals surface area contributed by atoms with Crippen LogP contribution in [0.1, 0.15) is 106 Å². The van der Waals surface area contributed by atoms with Crippen LogP contribution in [0.4, 0.5) is 21.7 Å². The molecule has 0 bridgehead atoms. The van der Waals surface area contributed by atoms with Crippen LogP contribution in [0.2, 0.25) is 0 Å². The molecule has 14 heteroatoms. The number of nitrogens with zero attached hydrogens (tertiary/aromatic N) is 7. The van der Waals surface area contributed by atoms with Gasteiger partial charge in [0.05, 0.1) is 18.4 Å². The number of ketones is 1. The number of aryl methyl sites for hydroxylation is 1. The fraction of sp³-hybridized carbons (Fsp3) is 0.500. The molecular formula is C52H69FN10O3. The molecule has 66 heavy (non-hydrogen) atoms. The van der Waals surface area contributed by atoms with Crippen molar-refractivity contribution in [3.05, 3.63) is 101 Å². The highest BCUT2D eigenvalue weighted by Crippen LogP contribution is 2.33. The molecule has 0 aliphatic carbocycles. The summed E-state index contributed by atoms with van der Waals surface area (Å²) >= 11 is 0. The minimum absolute atomic E-state index is 0.0147. The number of aromatic nitrogens is 3. The van der Waals surface area contributed by atoms with Crippen LogP contribution in [-0.2, 0) is 9.59 Å². The Hall–Kier alpha value is -5.73. The van der Waals surface area contributed by atoms with Crippen molar-refractivity contribution < 1.29 is 18.8 Å². The Bertz CT molecular complexity index is 2320. The Morgan fingerprint density at radius 3 is 2.36 bits per heavy atom. The summed E-state index contributed by atoms with van der Waals surface area (Å²) in [6.07, 6.45) is 12.3. The second-order valence-electron chi connectivity index (χ2n) is 18.4. The van der Waals surface area contributed by atoms with Gasteiger partial charge < -0.3 is 26.2 Å². The summed E-state index contributed by atoms with van der Waals surface area (Å²) in [5, 5.41) is 5.67. The molecule has 13 nitrogen and oxygen atoms in total. The Balaban J connectivity index is 0.00000320. The highest BCUT2D eigenvalue weighted by molar-refractivity contribution is 5.94. The topological polar surface area (TPSA) is 153 Å². The number of nitrogens with one attached hydrogen (secondary N) is 2. The summed E-state index contributed by atoms with van der Waals surface area (Å²) in [4.78, 5) is 60.2. The molecule has 0 saturated carbocycles. The van der Waals surface area contributed by atoms with Gasteiger partial charge in [0.15, 0.2) is 17.4 Å². The van der Waals surface area contributed by atoms with Gasteiger partial charge in [-0.2, -0.15) is 0 Å². The third-order valence-corrected chi connectivity index (χ3v) is 14.1. The molecule has 7 heterocycles. The number of piperazine rings is 1. The van der Waals surface area contributed by atoms with Gasteiger partial charge in [-0.3, -0.25) is 29.2 Å². The van der Waals surface area contributed by atoms with E-state index in [0.717, 1.165) is 92.9 Å². The maximum absolute atomic E-state index is 15.4. The van der Waals surface area contributed by atoms with Crippen molar-refractivity contribution in [1.82, 2.24) is 35.0 Å². The largest absolute Gasteiger partial charge is 0.384 e. The van der Waals surface area contributed by atoms with Gasteiger partial charge in [0.2, 0.25) is 5.91 Å². The molecular weight excluding hydrogens is 832 g/mol. The summed E-state index contributed by atoms with van der Waals surface area (Å²) < 4.78 is 15.4. The molecule has 4 aromatic rings. The SMILES string of the molecule is C/C(=C\c1c(-c2ccc(N)nc2)ccnc1C)C(C)N1CCC(c2ccc(C(=O)N3CCC(CN4CCN(c5ncc(NC6CCC(=O)CNC6=O)cc5F)CC4C)CC3)cc2)CC1.CC. The number of benzene rings is 1. The van der Waals surface area contributed by atoms with Gasteiger partial charge in [0.1, 0.15) is 11.9 Å². The summed E-state index contributed by atoms with van der Waals surface area (Å²) in [7, 11) is 0. The van der Waals surface area contributed by atoms with Crippen LogP contribution < -0.4 is 21.3 Å². The van der Waals surface area contributed by atoms with Crippen LogP contribution >= 0.6 is 0 Å². The van der Waals surface area contributed by atoms with Crippen LogP contribution in [-0.4, -0.2) is 124 Å². The Morgan fingerprint density at radius 2 is 1.68 bits per heavy atom. The predicted octanol–water partition coefficient (Wildman–Crippen LogP) is 7.59. The number of nitrogens with two attached hydrogens (primary N) is 1. The number of nitrogen functional groups attached to an aromatic ring is 1. The highest BCUT2D eigenvalue weighted by atomic mass is 19.1. The zero-order chi connectivity index (χ0) is 46.9. The minimum atomic E-state index is -0.604. The first-order chi connectivity index (χ1) is 31.9. The first-order valence-electron chi connectivity index (χ1n) is 24.1. The van der Waals surface area contributed by atoms with Crippen LogP contribution in [0.25, 0.3) is 17.2 Å². The maximum atomic E-state index is 15.4. The molecule has 3 aromatic heterocycles. The molecule has 1 aromatic carbocycles. The second-order valence-corrected chi connectivity index (χ2v) is 18.4. The van der Waals surface area contributed by atoms with E-state index in [2.05, 4.69) is 81.3 Å². The van der Waals surface area contributed by atoms with Crippen molar-refractivity contribution in [2.24, 2.45) is 5.92 Å². The molecule has 4 aliphatic heterocycles. The van der Waals surface area contributed by atoms with Crippen molar-refractivity contribution in [2.75, 3.05) is 74.9 Å². The van der Waals surface area contributed by atoms with E-state index in [1.165, 1.54) is 17.2 Å². The lowest BCUT2D eigenvalue weighted by molar-refractivity contribution is -0.123. The number of amides is 2. The van der Waals surface area contributed by atoms with Crippen LogP contribution in [0.15, 0.2) is 72.7 Å². The van der Waals surface area contributed by atoms with Gasteiger partial charge in [-0.15, -0.1) is 0 Å². The normalized spacial score (nSPS) is 21.1. The summed E-state index contributed by atoms with van der Waals surface area (Å²) in [5.41, 5.74) is 13.9. The third-order valence-electron chi connectivity index (χ3n) is 14.1. The fourth-order valence-electron chi connectivity index (χ4n) is 9.94. The van der Waals surface area contributed by atoms with Crippen LogP contribution in [0, 0.1) is 18.7 Å². The first-order valence-corrected chi connectivity index (χ1v) is 24.1. The Morgan fingerprint density at radius 1 is 0.939 bits per heavy atom. The standard InChI is InChI=1S/C50H63FN10O3.C2H6/c1-32(25-44-34(3)53-18-13-43(44)40-9-12-47(52)54-27-40)35(4)58-21-16-38(17-22-58)37-5-7-39(8-6-37)50(64)59-19-14-36(15-20-59)31-60-23-24-61(30-33(60)2)48-45(51)26-41(28-55-48)57-46-11-10-42(62)29-56-49(46)63;1-2/h5-9,12-13,18,25-28,33,35-36,38,46,57H,10-11,14-17,19-24,29-31H2,1-4H3,(H2,52,54)(H,56,63);1-2H3/b32-25+;. The van der Waals surface area contributed by atoms with E-state index >= 15 is 4.39 Å². The molecule has 4 aliphatic rings. The Labute approximate surface area is 390 Å². The van der Waals surface area contributed by atoms with E-state index in [9.17, 15) is 14.4 Å². The number of carbonyl (C=O) groups excluding carboxylic acids is 3. The summed E-state index contributed by atoms with van der Waals surface area (Å²) in [6, 6.07) is 15.6. The van der Waals surface area contributed by atoms with Gasteiger partial charge in [0.25, 0.3) is 5.91 Å². The number of hydrogen-bond acceptors (Lipinski definition) is 11. The van der Waals surface area contributed by atoms with Crippen LogP contribution in [0.3, 0.4) is 0 Å². The molecule has 3 atom stereocenters. The van der Waals surface area contributed by atoms with Crippen molar-refractivity contribution in [3.63, 3.8) is 0 Å². The van der Waals surface area contributed by atoms with Gasteiger partial charge in [-0.05, 0) is 126 Å². The second kappa shape index (κ2) is 22.2. The fourth-order valence-corrected chi connectivity index (χ4v) is 9.94. The monoisotopic (exact) mass is 901 g/mol. The van der Waals surface area contributed by atoms with Gasteiger partial charge >= 0.3 is 0 Å². The van der Waals surface area contributed by atoms with E-state index in [1.54, 1.807) is 6.20 Å².